The van der Waals surface area contributed by atoms with Gasteiger partial charge in [0.2, 0.25) is 0 Å². The standard InChI is InChI=1S/C16H14N4O3/c1-23-11-5-3-2-4-10(11)14-15-13(16(17)20-19-14)9(8-18-15)6-7-12(21)22/h2-8,18H,1H3,(H2,17,20)(H,21,22)/b7-6+. The number of benzene rings is 1. The molecule has 2 aromatic heterocycles. The predicted octanol–water partition coefficient (Wildman–Crippen LogP) is 2.31. The SMILES string of the molecule is COc1ccccc1-c1nnc(N)c2c(/C=C/C(=O)O)c[nH]c12. The molecule has 4 N–H and O–H groups in total. The average Bonchev–Trinajstić information content (AvgIpc) is 2.98. The Bertz CT molecular complexity index is 915. The van der Waals surface area contributed by atoms with Crippen molar-refractivity contribution in [2.45, 2.75) is 0 Å². The number of nitrogens with two attached hydrogens (primary N) is 1. The van der Waals surface area contributed by atoms with E-state index in [1.54, 1.807) is 13.3 Å². The fourth-order valence-corrected chi connectivity index (χ4v) is 2.43. The lowest BCUT2D eigenvalue weighted by molar-refractivity contribution is -0.131. The van der Waals surface area contributed by atoms with Gasteiger partial charge in [-0.1, -0.05) is 12.1 Å². The Hall–Kier alpha value is -3.35. The number of hydrogen-bond donors (Lipinski definition) is 3. The van der Waals surface area contributed by atoms with E-state index in [2.05, 4.69) is 15.2 Å². The quantitative estimate of drug-likeness (QED) is 0.637. The fraction of sp³-hybridized carbons (Fsp3) is 0.0625. The van der Waals surface area contributed by atoms with E-state index in [1.165, 1.54) is 6.08 Å². The normalized spacial score (nSPS) is 11.2. The number of H-pyrrole nitrogens is 1. The molecule has 1 aromatic carbocycles. The van der Waals surface area contributed by atoms with Crippen LogP contribution in [0.3, 0.4) is 0 Å². The summed E-state index contributed by atoms with van der Waals surface area (Å²) in [6.45, 7) is 0. The minimum absolute atomic E-state index is 0.227. The molecule has 0 aliphatic carbocycles. The van der Waals surface area contributed by atoms with E-state index in [0.29, 0.717) is 27.9 Å². The highest BCUT2D eigenvalue weighted by Crippen LogP contribution is 2.35. The van der Waals surface area contributed by atoms with E-state index in [1.807, 2.05) is 24.3 Å². The third-order valence-corrected chi connectivity index (χ3v) is 3.43. The Morgan fingerprint density at radius 1 is 1.35 bits per heavy atom. The van der Waals surface area contributed by atoms with Crippen molar-refractivity contribution in [3.63, 3.8) is 0 Å². The molecule has 3 aromatic rings. The fourth-order valence-electron chi connectivity index (χ4n) is 2.43. The number of rotatable bonds is 4. The van der Waals surface area contributed by atoms with Gasteiger partial charge < -0.3 is 20.6 Å². The maximum absolute atomic E-state index is 10.7. The Morgan fingerprint density at radius 2 is 2.13 bits per heavy atom. The molecule has 0 saturated carbocycles. The van der Waals surface area contributed by atoms with Crippen LogP contribution in [0.5, 0.6) is 5.75 Å². The molecule has 7 nitrogen and oxygen atoms in total. The smallest absolute Gasteiger partial charge is 0.328 e. The molecule has 23 heavy (non-hydrogen) atoms. The van der Waals surface area contributed by atoms with Crippen LogP contribution in [-0.2, 0) is 4.79 Å². The van der Waals surface area contributed by atoms with Crippen molar-refractivity contribution in [3.05, 3.63) is 42.1 Å². The van der Waals surface area contributed by atoms with Crippen LogP contribution in [0.15, 0.2) is 36.5 Å². The molecule has 0 bridgehead atoms. The molecule has 0 saturated heterocycles. The molecule has 0 radical (unpaired) electrons. The van der Waals surface area contributed by atoms with Crippen molar-refractivity contribution >= 4 is 28.8 Å². The Balaban J connectivity index is 2.24. The number of nitrogens with zero attached hydrogens (tertiary/aromatic N) is 2. The van der Waals surface area contributed by atoms with E-state index in [-0.39, 0.29) is 5.82 Å². The zero-order valence-electron chi connectivity index (χ0n) is 12.3. The van der Waals surface area contributed by atoms with Gasteiger partial charge in [-0.3, -0.25) is 0 Å². The number of aromatic amines is 1. The lowest BCUT2D eigenvalue weighted by Crippen LogP contribution is -1.98. The van der Waals surface area contributed by atoms with Gasteiger partial charge in [0.05, 0.1) is 18.0 Å². The van der Waals surface area contributed by atoms with Crippen LogP contribution in [0.25, 0.3) is 28.2 Å². The third-order valence-electron chi connectivity index (χ3n) is 3.43. The van der Waals surface area contributed by atoms with Crippen molar-refractivity contribution in [1.82, 2.24) is 15.2 Å². The predicted molar refractivity (Wildman–Crippen MR) is 87.0 cm³/mol. The van der Waals surface area contributed by atoms with Gasteiger partial charge in [0.15, 0.2) is 5.82 Å². The zero-order valence-corrected chi connectivity index (χ0v) is 12.3. The number of aromatic nitrogens is 3. The maximum Gasteiger partial charge on any atom is 0.328 e. The molecule has 0 atom stereocenters. The second-order valence-corrected chi connectivity index (χ2v) is 4.80. The summed E-state index contributed by atoms with van der Waals surface area (Å²) in [6, 6.07) is 7.43. The van der Waals surface area contributed by atoms with Gasteiger partial charge in [0.25, 0.3) is 0 Å². The molecular formula is C16H14N4O3. The van der Waals surface area contributed by atoms with Crippen LogP contribution in [-0.4, -0.2) is 33.4 Å². The van der Waals surface area contributed by atoms with Gasteiger partial charge in [-0.25, -0.2) is 4.79 Å². The summed E-state index contributed by atoms with van der Waals surface area (Å²) < 4.78 is 5.36. The highest BCUT2D eigenvalue weighted by molar-refractivity contribution is 6.04. The number of para-hydroxylation sites is 1. The topological polar surface area (TPSA) is 114 Å². The first kappa shape index (κ1) is 14.6. The van der Waals surface area contributed by atoms with Crippen LogP contribution in [0.1, 0.15) is 5.56 Å². The number of nitrogens with one attached hydrogen (secondary N) is 1. The van der Waals surface area contributed by atoms with Gasteiger partial charge in [-0.2, -0.15) is 0 Å². The van der Waals surface area contributed by atoms with Crippen molar-refractivity contribution < 1.29 is 14.6 Å². The lowest BCUT2D eigenvalue weighted by atomic mass is 10.1. The van der Waals surface area contributed by atoms with Gasteiger partial charge in [0.1, 0.15) is 11.4 Å². The van der Waals surface area contributed by atoms with Crippen LogP contribution >= 0.6 is 0 Å². The second-order valence-electron chi connectivity index (χ2n) is 4.80. The number of anilines is 1. The summed E-state index contributed by atoms with van der Waals surface area (Å²) in [6.07, 6.45) is 4.18. The number of fused-ring (bicyclic) bond motifs is 1. The number of carboxylic acid groups (broad SMARTS) is 1. The highest BCUT2D eigenvalue weighted by Gasteiger charge is 2.16. The summed E-state index contributed by atoms with van der Waals surface area (Å²) in [5.74, 6) is -0.153. The van der Waals surface area contributed by atoms with E-state index >= 15 is 0 Å². The van der Waals surface area contributed by atoms with Crippen LogP contribution in [0.2, 0.25) is 0 Å². The molecule has 0 amide bonds. The average molecular weight is 310 g/mol. The van der Waals surface area contributed by atoms with Gasteiger partial charge in [-0.15, -0.1) is 10.2 Å². The van der Waals surface area contributed by atoms with Gasteiger partial charge in [-0.05, 0) is 18.2 Å². The van der Waals surface area contributed by atoms with E-state index in [0.717, 1.165) is 11.6 Å². The van der Waals surface area contributed by atoms with Crippen molar-refractivity contribution in [2.75, 3.05) is 12.8 Å². The minimum atomic E-state index is -1.04. The number of nitrogen functional groups attached to an aromatic ring is 1. The number of methoxy groups -OCH3 is 1. The van der Waals surface area contributed by atoms with Crippen LogP contribution < -0.4 is 10.5 Å². The van der Waals surface area contributed by atoms with Crippen molar-refractivity contribution in [1.29, 1.82) is 0 Å². The molecular weight excluding hydrogens is 296 g/mol. The van der Waals surface area contributed by atoms with Crippen molar-refractivity contribution in [3.8, 4) is 17.0 Å². The summed E-state index contributed by atoms with van der Waals surface area (Å²) >= 11 is 0. The first-order chi connectivity index (χ1) is 11.1. The summed E-state index contributed by atoms with van der Waals surface area (Å²) in [5.41, 5.74) is 8.57. The number of carbonyl (C=O) groups is 1. The number of carboxylic acids is 1. The molecule has 0 fully saturated rings. The zero-order chi connectivity index (χ0) is 16.4. The summed E-state index contributed by atoms with van der Waals surface area (Å²) in [4.78, 5) is 13.8. The van der Waals surface area contributed by atoms with Crippen molar-refractivity contribution in [2.24, 2.45) is 0 Å². The Morgan fingerprint density at radius 3 is 2.87 bits per heavy atom. The highest BCUT2D eigenvalue weighted by atomic mass is 16.5. The molecule has 0 spiro atoms. The first-order valence-corrected chi connectivity index (χ1v) is 6.79. The first-order valence-electron chi connectivity index (χ1n) is 6.79. The largest absolute Gasteiger partial charge is 0.496 e. The third kappa shape index (κ3) is 2.59. The molecule has 7 heteroatoms. The molecule has 2 heterocycles. The monoisotopic (exact) mass is 310 g/mol. The van der Waals surface area contributed by atoms with Gasteiger partial charge in [0, 0.05) is 23.4 Å². The van der Waals surface area contributed by atoms with E-state index < -0.39 is 5.97 Å². The molecule has 0 aliphatic rings. The summed E-state index contributed by atoms with van der Waals surface area (Å²) in [7, 11) is 1.58. The van der Waals surface area contributed by atoms with Crippen LogP contribution in [0.4, 0.5) is 5.82 Å². The molecule has 116 valence electrons. The maximum atomic E-state index is 10.7. The molecule has 0 aliphatic heterocycles. The van der Waals surface area contributed by atoms with Gasteiger partial charge >= 0.3 is 5.97 Å². The molecule has 0 unspecified atom stereocenters. The molecule has 3 rings (SSSR count). The number of hydrogen-bond acceptors (Lipinski definition) is 5. The van der Waals surface area contributed by atoms with E-state index in [4.69, 9.17) is 15.6 Å². The second kappa shape index (κ2) is 5.80. The Labute approximate surface area is 131 Å². The number of ether oxygens (including phenoxy) is 1. The lowest BCUT2D eigenvalue weighted by Gasteiger charge is -2.08. The summed E-state index contributed by atoms with van der Waals surface area (Å²) in [5, 5.41) is 17.6. The minimum Gasteiger partial charge on any atom is -0.496 e. The number of aliphatic carboxylic acids is 1. The van der Waals surface area contributed by atoms with E-state index in [9.17, 15) is 4.79 Å². The van der Waals surface area contributed by atoms with Crippen LogP contribution in [0, 0.1) is 0 Å². The Kier molecular flexibility index (Phi) is 3.68.